The molecule has 2 rings (SSSR count). The Balaban J connectivity index is 1.87. The van der Waals surface area contributed by atoms with Crippen molar-refractivity contribution in [3.63, 3.8) is 0 Å². The first-order chi connectivity index (χ1) is 14.3. The van der Waals surface area contributed by atoms with Gasteiger partial charge in [0.2, 0.25) is 0 Å². The maximum Gasteiger partial charge on any atom is 0.330 e. The Labute approximate surface area is 177 Å². The summed E-state index contributed by atoms with van der Waals surface area (Å²) < 4.78 is 4.94. The Bertz CT molecular complexity index is 776. The molecule has 30 heavy (non-hydrogen) atoms. The minimum atomic E-state index is -0.911. The van der Waals surface area contributed by atoms with Crippen LogP contribution >= 0.6 is 0 Å². The topological polar surface area (TPSA) is 152 Å². The van der Waals surface area contributed by atoms with E-state index in [-0.39, 0.29) is 12.1 Å². The number of aliphatic hydroxyl groups is 1. The van der Waals surface area contributed by atoms with E-state index in [2.05, 4.69) is 5.32 Å². The molecule has 1 saturated carbocycles. The van der Waals surface area contributed by atoms with Gasteiger partial charge in [-0.1, -0.05) is 36.8 Å². The molecule has 164 valence electrons. The molecule has 2 unspecified atom stereocenters. The number of aliphatic hydroxyl groups excluding tert-OH is 1. The van der Waals surface area contributed by atoms with Crippen LogP contribution in [0, 0.1) is 5.41 Å². The van der Waals surface area contributed by atoms with Gasteiger partial charge in [-0.15, -0.1) is 0 Å². The third-order valence-corrected chi connectivity index (χ3v) is 5.27. The average molecular weight is 417 g/mol. The Hall–Kier alpha value is -2.71. The molecule has 0 spiro atoms. The predicted octanol–water partition coefficient (Wildman–Crippen LogP) is 1.77. The lowest BCUT2D eigenvalue weighted by Crippen LogP contribution is -2.36. The molecule has 0 amide bonds. The number of nitrogens with one attached hydrogen (secondary N) is 2. The van der Waals surface area contributed by atoms with Crippen LogP contribution in [0.3, 0.4) is 0 Å². The maximum absolute atomic E-state index is 12.3. The summed E-state index contributed by atoms with van der Waals surface area (Å²) in [6, 6.07) is 6.52. The zero-order valence-electron chi connectivity index (χ0n) is 17.4. The van der Waals surface area contributed by atoms with Crippen molar-refractivity contribution in [1.29, 1.82) is 5.41 Å². The number of guanidine groups is 1. The average Bonchev–Trinajstić information content (AvgIpc) is 2.72. The fourth-order valence-electron chi connectivity index (χ4n) is 3.34. The second-order valence-electron chi connectivity index (χ2n) is 7.70. The molecule has 0 saturated heterocycles. The quantitative estimate of drug-likeness (QED) is 0.142. The van der Waals surface area contributed by atoms with Crippen molar-refractivity contribution in [1.82, 2.24) is 5.32 Å². The SMILES string of the molecule is CC(C(=O)OC(=O)[C@@H](N)CCCNC(=N)N)c1ccc(C=C2CCCCC2O)cc1. The van der Waals surface area contributed by atoms with Crippen molar-refractivity contribution in [3.05, 3.63) is 41.0 Å². The molecule has 3 atom stereocenters. The van der Waals surface area contributed by atoms with Crippen molar-refractivity contribution < 1.29 is 19.4 Å². The Morgan fingerprint density at radius 3 is 2.63 bits per heavy atom. The van der Waals surface area contributed by atoms with Crippen LogP contribution in [0.2, 0.25) is 0 Å². The lowest BCUT2D eigenvalue weighted by Gasteiger charge is -2.20. The van der Waals surface area contributed by atoms with Gasteiger partial charge in [0.05, 0.1) is 12.0 Å². The van der Waals surface area contributed by atoms with Gasteiger partial charge in [-0.05, 0) is 55.7 Å². The third-order valence-electron chi connectivity index (χ3n) is 5.27. The minimum absolute atomic E-state index is 0.146. The van der Waals surface area contributed by atoms with Gasteiger partial charge in [0.15, 0.2) is 5.96 Å². The van der Waals surface area contributed by atoms with E-state index in [0.29, 0.717) is 19.4 Å². The summed E-state index contributed by atoms with van der Waals surface area (Å²) in [6.07, 6.45) is 6.30. The number of nitrogens with two attached hydrogens (primary N) is 2. The van der Waals surface area contributed by atoms with Crippen molar-refractivity contribution in [2.24, 2.45) is 11.5 Å². The van der Waals surface area contributed by atoms with Crippen LogP contribution < -0.4 is 16.8 Å². The zero-order valence-corrected chi connectivity index (χ0v) is 17.4. The smallest absolute Gasteiger partial charge is 0.330 e. The number of hydrogen-bond donors (Lipinski definition) is 5. The number of hydrogen-bond acceptors (Lipinski definition) is 6. The van der Waals surface area contributed by atoms with Crippen LogP contribution in [0.25, 0.3) is 6.08 Å². The first-order valence-electron chi connectivity index (χ1n) is 10.4. The molecule has 0 heterocycles. The van der Waals surface area contributed by atoms with Gasteiger partial charge in [0.1, 0.15) is 6.04 Å². The van der Waals surface area contributed by atoms with Crippen LogP contribution in [0.4, 0.5) is 0 Å². The van der Waals surface area contributed by atoms with Gasteiger partial charge in [-0.2, -0.15) is 0 Å². The summed E-state index contributed by atoms with van der Waals surface area (Å²) in [4.78, 5) is 24.4. The van der Waals surface area contributed by atoms with Crippen LogP contribution in [0.1, 0.15) is 62.5 Å². The van der Waals surface area contributed by atoms with Gasteiger partial charge in [0, 0.05) is 6.54 Å². The van der Waals surface area contributed by atoms with Crippen molar-refractivity contribution in [3.8, 4) is 0 Å². The molecule has 8 heteroatoms. The number of carbonyl (C=O) groups is 2. The maximum atomic E-state index is 12.3. The lowest BCUT2D eigenvalue weighted by molar-refractivity contribution is -0.161. The summed E-state index contributed by atoms with van der Waals surface area (Å²) in [7, 11) is 0. The van der Waals surface area contributed by atoms with Gasteiger partial charge < -0.3 is 26.6 Å². The van der Waals surface area contributed by atoms with E-state index in [1.807, 2.05) is 30.3 Å². The molecular weight excluding hydrogens is 384 g/mol. The first-order valence-corrected chi connectivity index (χ1v) is 10.4. The number of carbonyl (C=O) groups excluding carboxylic acids is 2. The highest BCUT2D eigenvalue weighted by Gasteiger charge is 2.24. The lowest BCUT2D eigenvalue weighted by atomic mass is 9.90. The molecule has 8 nitrogen and oxygen atoms in total. The fourth-order valence-corrected chi connectivity index (χ4v) is 3.34. The molecule has 1 aliphatic rings. The highest BCUT2D eigenvalue weighted by atomic mass is 16.6. The van der Waals surface area contributed by atoms with E-state index >= 15 is 0 Å². The van der Waals surface area contributed by atoms with Crippen molar-refractivity contribution in [2.75, 3.05) is 6.54 Å². The normalized spacial score (nSPS) is 19.7. The van der Waals surface area contributed by atoms with Crippen LogP contribution in [0.5, 0.6) is 0 Å². The summed E-state index contributed by atoms with van der Waals surface area (Å²) in [5, 5.41) is 19.8. The molecule has 0 aromatic heterocycles. The highest BCUT2D eigenvalue weighted by molar-refractivity contribution is 5.91. The summed E-state index contributed by atoms with van der Waals surface area (Å²) in [5.74, 6) is -2.16. The van der Waals surface area contributed by atoms with E-state index in [0.717, 1.165) is 42.4 Å². The monoisotopic (exact) mass is 416 g/mol. The Kier molecular flexibility index (Phi) is 9.01. The van der Waals surface area contributed by atoms with Gasteiger partial charge in [-0.3, -0.25) is 10.2 Å². The second-order valence-corrected chi connectivity index (χ2v) is 7.70. The van der Waals surface area contributed by atoms with Crippen molar-refractivity contribution >= 4 is 24.0 Å². The van der Waals surface area contributed by atoms with Gasteiger partial charge in [-0.25, -0.2) is 4.79 Å². The third kappa shape index (κ3) is 7.27. The van der Waals surface area contributed by atoms with E-state index < -0.39 is 23.9 Å². The first kappa shape index (κ1) is 23.6. The standard InChI is InChI=1S/C22H32N4O4/c1-14(20(28)30-21(29)18(23)6-4-12-26-22(24)25)16-10-8-15(9-11-16)13-17-5-2-3-7-19(17)27/h8-11,13-14,18-19,27H,2-7,12,23H2,1H3,(H4,24,25,26)/t14?,18-,19?/m0/s1. The van der Waals surface area contributed by atoms with E-state index in [9.17, 15) is 14.7 Å². The summed E-state index contributed by atoms with van der Waals surface area (Å²) >= 11 is 0. The molecule has 0 aliphatic heterocycles. The van der Waals surface area contributed by atoms with Crippen LogP contribution in [-0.2, 0) is 14.3 Å². The van der Waals surface area contributed by atoms with Crippen LogP contribution in [0.15, 0.2) is 29.8 Å². The van der Waals surface area contributed by atoms with Gasteiger partial charge >= 0.3 is 11.9 Å². The fraction of sp³-hybridized carbons (Fsp3) is 0.500. The Morgan fingerprint density at radius 2 is 2.00 bits per heavy atom. The highest BCUT2D eigenvalue weighted by Crippen LogP contribution is 2.26. The number of benzene rings is 1. The molecule has 1 aliphatic carbocycles. The molecular formula is C22H32N4O4. The van der Waals surface area contributed by atoms with Crippen LogP contribution in [-0.4, -0.2) is 41.7 Å². The molecule has 7 N–H and O–H groups in total. The molecule has 1 aromatic rings. The minimum Gasteiger partial charge on any atom is -0.392 e. The van der Waals surface area contributed by atoms with E-state index in [4.69, 9.17) is 21.6 Å². The Morgan fingerprint density at radius 1 is 1.30 bits per heavy atom. The largest absolute Gasteiger partial charge is 0.392 e. The second kappa shape index (κ2) is 11.5. The number of ether oxygens (including phenoxy) is 1. The van der Waals surface area contributed by atoms with E-state index in [1.54, 1.807) is 6.92 Å². The molecule has 1 fully saturated rings. The zero-order chi connectivity index (χ0) is 22.1. The van der Waals surface area contributed by atoms with E-state index in [1.165, 1.54) is 0 Å². The summed E-state index contributed by atoms with van der Waals surface area (Å²) in [6.45, 7) is 2.09. The molecule has 0 bridgehead atoms. The predicted molar refractivity (Wildman–Crippen MR) is 116 cm³/mol. The number of esters is 2. The molecule has 0 radical (unpaired) electrons. The molecule has 1 aromatic carbocycles. The van der Waals surface area contributed by atoms with Crippen molar-refractivity contribution in [2.45, 2.75) is 63.5 Å². The summed E-state index contributed by atoms with van der Waals surface area (Å²) in [5.41, 5.74) is 13.7. The van der Waals surface area contributed by atoms with Gasteiger partial charge in [0.25, 0.3) is 0 Å². The number of rotatable bonds is 8.